The zero-order valence-electron chi connectivity index (χ0n) is 11.0. The van der Waals surface area contributed by atoms with Crippen LogP contribution in [0, 0.1) is 0 Å². The molecule has 2 rings (SSSR count). The topological polar surface area (TPSA) is 87.7 Å². The van der Waals surface area contributed by atoms with Crippen molar-refractivity contribution >= 4 is 49.5 Å². The van der Waals surface area contributed by atoms with Gasteiger partial charge in [-0.05, 0) is 44.0 Å². The molecule has 114 valence electrons. The van der Waals surface area contributed by atoms with E-state index in [1.54, 1.807) is 12.1 Å². The summed E-state index contributed by atoms with van der Waals surface area (Å²) in [5, 5.41) is 14.6. The van der Waals surface area contributed by atoms with Gasteiger partial charge in [-0.2, -0.15) is 0 Å². The zero-order chi connectivity index (χ0) is 15.5. The van der Waals surface area contributed by atoms with Crippen LogP contribution in [0.1, 0.15) is 12.8 Å². The summed E-state index contributed by atoms with van der Waals surface area (Å²) < 4.78 is 6.56. The Bertz CT molecular complexity index is 539. The molecule has 0 spiro atoms. The highest BCUT2D eigenvalue weighted by Gasteiger charge is 2.41. The van der Waals surface area contributed by atoms with E-state index in [2.05, 4.69) is 42.5 Å². The number of carbonyl (C=O) groups excluding carboxylic acids is 1. The van der Waals surface area contributed by atoms with E-state index in [1.165, 1.54) is 0 Å². The number of urea groups is 1. The lowest BCUT2D eigenvalue weighted by Gasteiger charge is -2.33. The number of para-hydroxylation sites is 1. The number of hydrogen-bond donors (Lipinski definition) is 3. The molecule has 2 amide bonds. The fourth-order valence-corrected chi connectivity index (χ4v) is 3.29. The highest BCUT2D eigenvalue weighted by Crippen LogP contribution is 2.30. The highest BCUT2D eigenvalue weighted by atomic mass is 79.9. The van der Waals surface area contributed by atoms with E-state index >= 15 is 0 Å². The number of rotatable bonds is 3. The predicted octanol–water partition coefficient (Wildman–Crippen LogP) is 2.97. The number of ether oxygens (including phenoxy) is 1. The van der Waals surface area contributed by atoms with E-state index in [4.69, 9.17) is 4.74 Å². The molecule has 0 aliphatic carbocycles. The molecule has 0 atom stereocenters. The molecule has 0 aromatic heterocycles. The number of nitrogens with one attached hydrogen (secondary N) is 2. The molecule has 1 heterocycles. The summed E-state index contributed by atoms with van der Waals surface area (Å²) in [7, 11) is 0. The second-order valence-corrected chi connectivity index (χ2v) is 6.38. The van der Waals surface area contributed by atoms with Crippen LogP contribution in [0.2, 0.25) is 0 Å². The summed E-state index contributed by atoms with van der Waals surface area (Å²) >= 11 is 6.67. The molecule has 0 bridgehead atoms. The molecule has 0 radical (unpaired) electrons. The van der Waals surface area contributed by atoms with Crippen LogP contribution in [0.3, 0.4) is 0 Å². The van der Waals surface area contributed by atoms with Gasteiger partial charge in [-0.15, -0.1) is 0 Å². The van der Waals surface area contributed by atoms with Gasteiger partial charge in [0.1, 0.15) is 5.54 Å². The van der Waals surface area contributed by atoms with Crippen LogP contribution in [-0.2, 0) is 9.53 Å². The monoisotopic (exact) mass is 420 g/mol. The summed E-state index contributed by atoms with van der Waals surface area (Å²) in [6.45, 7) is 0.622. The Labute approximate surface area is 138 Å². The Hall–Kier alpha value is -1.12. The molecule has 1 aliphatic rings. The maximum absolute atomic E-state index is 12.1. The number of anilines is 1. The van der Waals surface area contributed by atoms with Crippen molar-refractivity contribution in [2.75, 3.05) is 18.5 Å². The van der Waals surface area contributed by atoms with Gasteiger partial charge >= 0.3 is 12.0 Å². The maximum atomic E-state index is 12.1. The molecular formula is C13H14Br2N2O4. The van der Waals surface area contributed by atoms with E-state index in [1.807, 2.05) is 6.07 Å². The minimum absolute atomic E-state index is 0.243. The van der Waals surface area contributed by atoms with Crippen molar-refractivity contribution in [1.82, 2.24) is 5.32 Å². The first-order chi connectivity index (χ1) is 9.94. The highest BCUT2D eigenvalue weighted by molar-refractivity contribution is 9.11. The Morgan fingerprint density at radius 3 is 2.29 bits per heavy atom. The second-order valence-electron chi connectivity index (χ2n) is 4.68. The van der Waals surface area contributed by atoms with Crippen LogP contribution in [0.25, 0.3) is 0 Å². The molecule has 1 saturated heterocycles. The average molecular weight is 422 g/mol. The zero-order valence-corrected chi connectivity index (χ0v) is 14.2. The van der Waals surface area contributed by atoms with Crippen molar-refractivity contribution in [3.63, 3.8) is 0 Å². The van der Waals surface area contributed by atoms with E-state index in [9.17, 15) is 14.7 Å². The molecular weight excluding hydrogens is 408 g/mol. The number of halogens is 2. The van der Waals surface area contributed by atoms with Gasteiger partial charge in [-0.3, -0.25) is 0 Å². The Kier molecular flexibility index (Phi) is 5.23. The van der Waals surface area contributed by atoms with E-state index in [0.29, 0.717) is 27.8 Å². The normalized spacial score (nSPS) is 17.0. The van der Waals surface area contributed by atoms with Crippen LogP contribution >= 0.6 is 31.9 Å². The van der Waals surface area contributed by atoms with Crippen LogP contribution < -0.4 is 10.6 Å². The first kappa shape index (κ1) is 16.3. The van der Waals surface area contributed by atoms with Crippen LogP contribution in [0.4, 0.5) is 10.5 Å². The van der Waals surface area contributed by atoms with Gasteiger partial charge in [0.25, 0.3) is 0 Å². The second kappa shape index (κ2) is 6.76. The molecule has 1 aliphatic heterocycles. The smallest absolute Gasteiger partial charge is 0.329 e. The first-order valence-corrected chi connectivity index (χ1v) is 7.87. The van der Waals surface area contributed by atoms with E-state index in [-0.39, 0.29) is 12.8 Å². The standard InChI is InChI=1S/C13H14Br2N2O4/c14-8-2-1-3-9(15)10(8)16-12(20)17-13(11(18)19)4-6-21-7-5-13/h1-3H,4-7H2,(H,18,19)(H2,16,17,20). The molecule has 6 nitrogen and oxygen atoms in total. The third kappa shape index (κ3) is 3.75. The van der Waals surface area contributed by atoms with Gasteiger partial charge < -0.3 is 20.5 Å². The number of hydrogen-bond acceptors (Lipinski definition) is 3. The number of amides is 2. The lowest BCUT2D eigenvalue weighted by atomic mass is 9.90. The number of carboxylic acids is 1. The fraction of sp³-hybridized carbons (Fsp3) is 0.385. The van der Waals surface area contributed by atoms with Crippen LogP contribution in [0.15, 0.2) is 27.1 Å². The van der Waals surface area contributed by atoms with Crippen molar-refractivity contribution in [2.24, 2.45) is 0 Å². The lowest BCUT2D eigenvalue weighted by Crippen LogP contribution is -2.58. The Balaban J connectivity index is 2.11. The molecule has 1 fully saturated rings. The van der Waals surface area contributed by atoms with Crippen molar-refractivity contribution in [3.8, 4) is 0 Å². The lowest BCUT2D eigenvalue weighted by molar-refractivity contribution is -0.148. The van der Waals surface area contributed by atoms with Crippen LogP contribution in [-0.4, -0.2) is 35.9 Å². The van der Waals surface area contributed by atoms with Crippen molar-refractivity contribution in [1.29, 1.82) is 0 Å². The van der Waals surface area contributed by atoms with Gasteiger partial charge in [-0.25, -0.2) is 9.59 Å². The van der Waals surface area contributed by atoms with Crippen molar-refractivity contribution in [2.45, 2.75) is 18.4 Å². The summed E-state index contributed by atoms with van der Waals surface area (Å²) in [6.07, 6.45) is 0.486. The van der Waals surface area contributed by atoms with Gasteiger partial charge in [0.2, 0.25) is 0 Å². The van der Waals surface area contributed by atoms with Gasteiger partial charge in [0, 0.05) is 35.0 Å². The molecule has 8 heteroatoms. The molecule has 0 saturated carbocycles. The SMILES string of the molecule is O=C(Nc1c(Br)cccc1Br)NC1(C(=O)O)CCOCC1. The summed E-state index contributed by atoms with van der Waals surface area (Å²) in [5.74, 6) is -1.05. The number of benzene rings is 1. The molecule has 21 heavy (non-hydrogen) atoms. The van der Waals surface area contributed by atoms with E-state index < -0.39 is 17.5 Å². The maximum Gasteiger partial charge on any atom is 0.329 e. The Morgan fingerprint density at radius 1 is 1.19 bits per heavy atom. The van der Waals surface area contributed by atoms with Crippen molar-refractivity contribution in [3.05, 3.63) is 27.1 Å². The van der Waals surface area contributed by atoms with Gasteiger partial charge in [0.05, 0.1) is 5.69 Å². The third-order valence-electron chi connectivity index (χ3n) is 3.31. The average Bonchev–Trinajstić information content (AvgIpc) is 2.44. The quantitative estimate of drug-likeness (QED) is 0.700. The summed E-state index contributed by atoms with van der Waals surface area (Å²) in [5.41, 5.74) is -0.738. The molecule has 0 unspecified atom stereocenters. The number of aliphatic carboxylic acids is 1. The fourth-order valence-electron chi connectivity index (χ4n) is 2.09. The first-order valence-electron chi connectivity index (χ1n) is 6.29. The van der Waals surface area contributed by atoms with Crippen LogP contribution in [0.5, 0.6) is 0 Å². The summed E-state index contributed by atoms with van der Waals surface area (Å²) in [6, 6.07) is 4.81. The largest absolute Gasteiger partial charge is 0.480 e. The van der Waals surface area contributed by atoms with Gasteiger partial charge in [0.15, 0.2) is 0 Å². The van der Waals surface area contributed by atoms with E-state index in [0.717, 1.165) is 0 Å². The van der Waals surface area contributed by atoms with Crippen molar-refractivity contribution < 1.29 is 19.4 Å². The van der Waals surface area contributed by atoms with Gasteiger partial charge in [-0.1, -0.05) is 6.07 Å². The Morgan fingerprint density at radius 2 is 1.76 bits per heavy atom. The molecule has 1 aromatic carbocycles. The molecule has 3 N–H and O–H groups in total. The minimum atomic E-state index is -1.28. The third-order valence-corrected chi connectivity index (χ3v) is 4.63. The summed E-state index contributed by atoms with van der Waals surface area (Å²) in [4.78, 5) is 23.6. The molecule has 1 aromatic rings. The predicted molar refractivity (Wildman–Crippen MR) is 84.4 cm³/mol. The minimum Gasteiger partial charge on any atom is -0.480 e. The number of carboxylic acid groups (broad SMARTS) is 1. The number of carbonyl (C=O) groups is 2.